The number of thiol groups is 1. The molecule has 0 radical (unpaired) electrons. The summed E-state index contributed by atoms with van der Waals surface area (Å²) < 4.78 is 2.60. The highest BCUT2D eigenvalue weighted by molar-refractivity contribution is 8.21. The lowest BCUT2D eigenvalue weighted by Crippen LogP contribution is -2.41. The van der Waals surface area contributed by atoms with E-state index in [0.29, 0.717) is 0 Å². The van der Waals surface area contributed by atoms with Gasteiger partial charge in [0.15, 0.2) is 0 Å². The molecule has 0 aliphatic carbocycles. The molecule has 12 heavy (non-hydrogen) atoms. The molecule has 0 bridgehead atoms. The second-order valence-corrected chi connectivity index (χ2v) is 5.46. The van der Waals surface area contributed by atoms with Gasteiger partial charge in [0, 0.05) is 26.2 Å². The van der Waals surface area contributed by atoms with Crippen molar-refractivity contribution in [1.82, 2.24) is 9.62 Å². The Kier molecular flexibility index (Phi) is 2.54. The van der Waals surface area contributed by atoms with Crippen molar-refractivity contribution in [2.24, 2.45) is 0 Å². The van der Waals surface area contributed by atoms with Gasteiger partial charge in [-0.25, -0.2) is 0 Å². The minimum absolute atomic E-state index is 0.0506. The summed E-state index contributed by atoms with van der Waals surface area (Å²) in [6.07, 6.45) is 4.44. The Labute approximate surface area is 76.8 Å². The highest BCUT2D eigenvalue weighted by Gasteiger charge is 2.17. The Morgan fingerprint density at radius 3 is 2.75 bits per heavy atom. The maximum Gasteiger partial charge on any atom is 0.0204 e. The number of hydrogen-bond acceptors (Lipinski definition) is 2. The number of piperazine rings is 1. The molecule has 1 unspecified atom stereocenters. The highest BCUT2D eigenvalue weighted by atomic mass is 32.2. The van der Waals surface area contributed by atoms with Crippen LogP contribution in [0.4, 0.5) is 0 Å². The SMILES string of the molecule is CC1=CC=C[SH]1N1CCNCC1. The zero-order chi connectivity index (χ0) is 8.39. The van der Waals surface area contributed by atoms with E-state index in [1.165, 1.54) is 13.1 Å². The summed E-state index contributed by atoms with van der Waals surface area (Å²) in [5.74, 6) is 0. The number of rotatable bonds is 1. The number of hydrogen-bond donors (Lipinski definition) is 2. The molecule has 2 nitrogen and oxygen atoms in total. The molecule has 1 atom stereocenters. The van der Waals surface area contributed by atoms with Gasteiger partial charge in [-0.2, -0.15) is 11.1 Å². The first-order chi connectivity index (χ1) is 5.88. The van der Waals surface area contributed by atoms with Gasteiger partial charge in [-0.15, -0.1) is 0 Å². The van der Waals surface area contributed by atoms with Crippen LogP contribution in [0.5, 0.6) is 0 Å². The van der Waals surface area contributed by atoms with Crippen molar-refractivity contribution in [3.8, 4) is 0 Å². The van der Waals surface area contributed by atoms with E-state index in [-0.39, 0.29) is 11.1 Å². The summed E-state index contributed by atoms with van der Waals surface area (Å²) in [6, 6.07) is 0. The number of allylic oxidation sites excluding steroid dienone is 3. The molecule has 0 spiro atoms. The van der Waals surface area contributed by atoms with Crippen LogP contribution in [0.25, 0.3) is 0 Å². The summed E-state index contributed by atoms with van der Waals surface area (Å²) in [4.78, 5) is 1.55. The van der Waals surface area contributed by atoms with Crippen molar-refractivity contribution in [3.63, 3.8) is 0 Å². The van der Waals surface area contributed by atoms with Crippen molar-refractivity contribution in [2.45, 2.75) is 6.92 Å². The van der Waals surface area contributed by atoms with Crippen LogP contribution in [0.1, 0.15) is 6.92 Å². The van der Waals surface area contributed by atoms with Gasteiger partial charge in [0.25, 0.3) is 0 Å². The predicted molar refractivity (Wildman–Crippen MR) is 56.3 cm³/mol. The van der Waals surface area contributed by atoms with E-state index in [1.54, 1.807) is 4.91 Å². The van der Waals surface area contributed by atoms with E-state index in [1.807, 2.05) is 0 Å². The molecule has 0 aromatic heterocycles. The molecule has 0 saturated carbocycles. The zero-order valence-electron chi connectivity index (χ0n) is 7.45. The smallest absolute Gasteiger partial charge is 0.0204 e. The molecule has 3 heteroatoms. The Morgan fingerprint density at radius 1 is 1.42 bits per heavy atom. The molecule has 2 heterocycles. The highest BCUT2D eigenvalue weighted by Crippen LogP contribution is 2.43. The monoisotopic (exact) mass is 184 g/mol. The Bertz CT molecular complexity index is 217. The summed E-state index contributed by atoms with van der Waals surface area (Å²) in [5, 5.41) is 5.74. The molecule has 0 amide bonds. The fourth-order valence-corrected chi connectivity index (χ4v) is 3.63. The lowest BCUT2D eigenvalue weighted by molar-refractivity contribution is 0.395. The van der Waals surface area contributed by atoms with Crippen LogP contribution in [-0.4, -0.2) is 30.5 Å². The lowest BCUT2D eigenvalue weighted by Gasteiger charge is -2.35. The van der Waals surface area contributed by atoms with E-state index in [0.717, 1.165) is 13.1 Å². The maximum absolute atomic E-state index is 3.38. The van der Waals surface area contributed by atoms with E-state index in [2.05, 4.69) is 34.1 Å². The van der Waals surface area contributed by atoms with Gasteiger partial charge in [-0.3, -0.25) is 4.31 Å². The first-order valence-electron chi connectivity index (χ1n) is 4.48. The standard InChI is InChI=1S/C9H16N2S/c1-9-3-2-8-12(9)11-6-4-10-5-7-11/h2-3,8,10,12H,4-7H2,1H3. The summed E-state index contributed by atoms with van der Waals surface area (Å²) in [6.45, 7) is 6.97. The maximum atomic E-state index is 3.38. The lowest BCUT2D eigenvalue weighted by atomic mass is 10.4. The van der Waals surface area contributed by atoms with E-state index >= 15 is 0 Å². The van der Waals surface area contributed by atoms with Crippen LogP contribution >= 0.6 is 11.1 Å². The molecular weight excluding hydrogens is 168 g/mol. The van der Waals surface area contributed by atoms with E-state index in [4.69, 9.17) is 0 Å². The van der Waals surface area contributed by atoms with Crippen molar-refractivity contribution < 1.29 is 0 Å². The molecular formula is C9H16N2S. The summed E-state index contributed by atoms with van der Waals surface area (Å²) in [7, 11) is 0. The molecule has 1 N–H and O–H groups in total. The fraction of sp³-hybridized carbons (Fsp3) is 0.556. The van der Waals surface area contributed by atoms with Crippen molar-refractivity contribution in [1.29, 1.82) is 0 Å². The fourth-order valence-electron chi connectivity index (χ4n) is 1.64. The Balaban J connectivity index is 1.99. The molecule has 1 saturated heterocycles. The molecule has 0 aromatic rings. The van der Waals surface area contributed by atoms with Crippen LogP contribution < -0.4 is 5.32 Å². The summed E-state index contributed by atoms with van der Waals surface area (Å²) in [5.41, 5.74) is 0. The summed E-state index contributed by atoms with van der Waals surface area (Å²) >= 11 is -0.0506. The second kappa shape index (κ2) is 3.64. The first-order valence-corrected chi connectivity index (χ1v) is 5.84. The van der Waals surface area contributed by atoms with Gasteiger partial charge in [-0.05, 0) is 17.2 Å². The second-order valence-electron chi connectivity index (χ2n) is 3.20. The average Bonchev–Trinajstić information content (AvgIpc) is 2.53. The largest absolute Gasteiger partial charge is 0.314 e. The average molecular weight is 184 g/mol. The first kappa shape index (κ1) is 8.35. The van der Waals surface area contributed by atoms with Crippen LogP contribution in [0.15, 0.2) is 22.5 Å². The van der Waals surface area contributed by atoms with Gasteiger partial charge in [0.2, 0.25) is 0 Å². The van der Waals surface area contributed by atoms with Crippen molar-refractivity contribution >= 4 is 11.1 Å². The van der Waals surface area contributed by atoms with Crippen LogP contribution in [0.3, 0.4) is 0 Å². The third-order valence-electron chi connectivity index (χ3n) is 2.32. The van der Waals surface area contributed by atoms with Gasteiger partial charge in [-0.1, -0.05) is 12.2 Å². The van der Waals surface area contributed by atoms with Gasteiger partial charge in [0.1, 0.15) is 0 Å². The van der Waals surface area contributed by atoms with Crippen LogP contribution in [0, 0.1) is 0 Å². The Hall–Kier alpha value is -0.250. The van der Waals surface area contributed by atoms with Gasteiger partial charge < -0.3 is 5.32 Å². The molecule has 2 aliphatic heterocycles. The molecule has 2 aliphatic rings. The minimum Gasteiger partial charge on any atom is -0.314 e. The van der Waals surface area contributed by atoms with Crippen molar-refractivity contribution in [2.75, 3.05) is 26.2 Å². The minimum atomic E-state index is -0.0506. The third-order valence-corrected chi connectivity index (χ3v) is 4.66. The molecule has 68 valence electrons. The Morgan fingerprint density at radius 2 is 2.17 bits per heavy atom. The van der Waals surface area contributed by atoms with Crippen molar-refractivity contribution in [3.05, 3.63) is 22.5 Å². The molecule has 1 fully saturated rings. The molecule has 2 rings (SSSR count). The van der Waals surface area contributed by atoms with Gasteiger partial charge >= 0.3 is 0 Å². The zero-order valence-corrected chi connectivity index (χ0v) is 8.35. The predicted octanol–water partition coefficient (Wildman–Crippen LogP) is 1.24. The normalized spacial score (nSPS) is 33.8. The van der Waals surface area contributed by atoms with Crippen LogP contribution in [-0.2, 0) is 0 Å². The van der Waals surface area contributed by atoms with E-state index in [9.17, 15) is 0 Å². The quantitative estimate of drug-likeness (QED) is 0.596. The van der Waals surface area contributed by atoms with E-state index < -0.39 is 0 Å². The number of nitrogens with zero attached hydrogens (tertiary/aromatic N) is 1. The van der Waals surface area contributed by atoms with Crippen LogP contribution in [0.2, 0.25) is 0 Å². The van der Waals surface area contributed by atoms with Gasteiger partial charge in [0.05, 0.1) is 0 Å². The number of nitrogens with one attached hydrogen (secondary N) is 1. The topological polar surface area (TPSA) is 15.3 Å². The molecule has 0 aromatic carbocycles. The third kappa shape index (κ3) is 1.58.